The van der Waals surface area contributed by atoms with E-state index in [0.717, 1.165) is 4.47 Å². The molecule has 3 aromatic rings. The summed E-state index contributed by atoms with van der Waals surface area (Å²) in [5, 5.41) is 5.44. The summed E-state index contributed by atoms with van der Waals surface area (Å²) in [6.07, 6.45) is 3.11. The summed E-state index contributed by atoms with van der Waals surface area (Å²) in [6.45, 7) is 0.345. The molecule has 1 aliphatic heterocycles. The smallest absolute Gasteiger partial charge is 0.268 e. The van der Waals surface area contributed by atoms with E-state index >= 15 is 0 Å². The topological polar surface area (TPSA) is 89.8 Å². The number of carbonyl (C=O) groups is 2. The molecule has 0 unspecified atom stereocenters. The quantitative estimate of drug-likeness (QED) is 0.536. The van der Waals surface area contributed by atoms with Crippen LogP contribution in [0.1, 0.15) is 21.7 Å². The van der Waals surface area contributed by atoms with Gasteiger partial charge in [-0.3, -0.25) is 9.59 Å². The minimum absolute atomic E-state index is 0.0911. The number of ether oxygens (including phenoxy) is 2. The summed E-state index contributed by atoms with van der Waals surface area (Å²) < 4.78 is 16.8. The molecular weight excluding hydrogens is 452 g/mol. The van der Waals surface area contributed by atoms with Gasteiger partial charge in [-0.05, 0) is 60.2 Å². The van der Waals surface area contributed by atoms with E-state index in [2.05, 4.69) is 26.6 Å². The zero-order chi connectivity index (χ0) is 20.9. The molecule has 1 aliphatic rings. The summed E-state index contributed by atoms with van der Waals surface area (Å²) in [5.74, 6) is 0.968. The Labute approximate surface area is 180 Å². The van der Waals surface area contributed by atoms with Crippen molar-refractivity contribution < 1.29 is 23.5 Å². The molecule has 0 spiro atoms. The number of hydrogen-bond acceptors (Lipinski definition) is 5. The van der Waals surface area contributed by atoms with Gasteiger partial charge in [-0.1, -0.05) is 22.0 Å². The van der Waals surface area contributed by atoms with Gasteiger partial charge in [-0.25, -0.2) is 0 Å². The predicted octanol–water partition coefficient (Wildman–Crippen LogP) is 3.86. The molecule has 0 fully saturated rings. The number of fused-ring (bicyclic) bond motifs is 1. The lowest BCUT2D eigenvalue weighted by atomic mass is 10.1. The maximum absolute atomic E-state index is 12.8. The Hall–Kier alpha value is -3.52. The van der Waals surface area contributed by atoms with Crippen molar-refractivity contribution in [2.75, 3.05) is 6.79 Å². The van der Waals surface area contributed by atoms with Crippen LogP contribution in [0.4, 0.5) is 0 Å². The summed E-state index contributed by atoms with van der Waals surface area (Å²) >= 11 is 3.34. The molecule has 2 N–H and O–H groups in total. The maximum Gasteiger partial charge on any atom is 0.268 e. The number of benzene rings is 2. The van der Waals surface area contributed by atoms with Gasteiger partial charge in [0.2, 0.25) is 6.79 Å². The number of furan rings is 1. The van der Waals surface area contributed by atoms with Gasteiger partial charge in [0.05, 0.1) is 12.8 Å². The summed E-state index contributed by atoms with van der Waals surface area (Å²) in [4.78, 5) is 25.5. The highest BCUT2D eigenvalue weighted by Crippen LogP contribution is 2.33. The van der Waals surface area contributed by atoms with Crippen LogP contribution < -0.4 is 20.1 Å². The number of nitrogens with one attached hydrogen (secondary N) is 2. The minimum Gasteiger partial charge on any atom is -0.467 e. The van der Waals surface area contributed by atoms with Crippen molar-refractivity contribution in [3.05, 3.63) is 87.9 Å². The van der Waals surface area contributed by atoms with Crippen LogP contribution in [0.15, 0.2) is 75.4 Å². The maximum atomic E-state index is 12.8. The molecule has 152 valence electrons. The molecule has 2 heterocycles. The second-order valence-electron chi connectivity index (χ2n) is 6.39. The predicted molar refractivity (Wildman–Crippen MR) is 113 cm³/mol. The second-order valence-corrected chi connectivity index (χ2v) is 7.31. The highest BCUT2D eigenvalue weighted by Gasteiger charge is 2.17. The fraction of sp³-hybridized carbons (Fsp3) is 0.0909. The van der Waals surface area contributed by atoms with Gasteiger partial charge in [-0.15, -0.1) is 0 Å². The van der Waals surface area contributed by atoms with E-state index in [0.29, 0.717) is 28.4 Å². The van der Waals surface area contributed by atoms with E-state index < -0.39 is 11.8 Å². The first-order valence-corrected chi connectivity index (χ1v) is 9.86. The Balaban J connectivity index is 1.57. The monoisotopic (exact) mass is 468 g/mol. The van der Waals surface area contributed by atoms with E-state index in [9.17, 15) is 9.59 Å². The van der Waals surface area contributed by atoms with Crippen molar-refractivity contribution in [3.63, 3.8) is 0 Å². The summed E-state index contributed by atoms with van der Waals surface area (Å²) in [6, 6.07) is 15.6. The van der Waals surface area contributed by atoms with Crippen LogP contribution in [-0.2, 0) is 11.3 Å². The van der Waals surface area contributed by atoms with Crippen LogP contribution in [0.2, 0.25) is 0 Å². The van der Waals surface area contributed by atoms with Gasteiger partial charge in [0.1, 0.15) is 11.5 Å². The van der Waals surface area contributed by atoms with Crippen LogP contribution in [0, 0.1) is 0 Å². The van der Waals surface area contributed by atoms with E-state index in [1.165, 1.54) is 6.26 Å². The van der Waals surface area contributed by atoms with Gasteiger partial charge >= 0.3 is 0 Å². The van der Waals surface area contributed by atoms with Crippen molar-refractivity contribution >= 4 is 33.8 Å². The van der Waals surface area contributed by atoms with Crippen molar-refractivity contribution in [3.8, 4) is 11.5 Å². The third-order valence-corrected chi connectivity index (χ3v) is 4.84. The first kappa shape index (κ1) is 19.8. The molecule has 7 nitrogen and oxygen atoms in total. The van der Waals surface area contributed by atoms with Crippen molar-refractivity contribution in [2.45, 2.75) is 6.54 Å². The standard InChI is InChI=1S/C22H17BrN2O5/c23-16-6-4-15(5-7-16)21(26)25-18(22(27)24-12-17-2-1-9-28-17)10-14-3-8-19-20(11-14)30-13-29-19/h1-11H,12-13H2,(H,24,27)(H,25,26)/b18-10+. The average Bonchev–Trinajstić information content (AvgIpc) is 3.43. The SMILES string of the molecule is O=C(NCc1ccco1)/C(=C\c1ccc2c(c1)OCO2)NC(=O)c1ccc(Br)cc1. The minimum atomic E-state index is -0.450. The Kier molecular flexibility index (Phi) is 5.85. The number of carbonyl (C=O) groups excluding carboxylic acids is 2. The highest BCUT2D eigenvalue weighted by atomic mass is 79.9. The molecule has 1 aromatic heterocycles. The largest absolute Gasteiger partial charge is 0.467 e. The molecular formula is C22H17BrN2O5. The van der Waals surface area contributed by atoms with Crippen LogP contribution in [0.5, 0.6) is 11.5 Å². The van der Waals surface area contributed by atoms with E-state index in [-0.39, 0.29) is 19.0 Å². The summed E-state index contributed by atoms with van der Waals surface area (Å²) in [7, 11) is 0. The molecule has 4 rings (SSSR count). The highest BCUT2D eigenvalue weighted by molar-refractivity contribution is 9.10. The lowest BCUT2D eigenvalue weighted by Gasteiger charge is -2.11. The van der Waals surface area contributed by atoms with Crippen molar-refractivity contribution in [1.82, 2.24) is 10.6 Å². The third kappa shape index (κ3) is 4.72. The van der Waals surface area contributed by atoms with E-state index in [1.54, 1.807) is 60.7 Å². The zero-order valence-corrected chi connectivity index (χ0v) is 17.3. The lowest BCUT2D eigenvalue weighted by molar-refractivity contribution is -0.118. The molecule has 0 saturated carbocycles. The first-order chi connectivity index (χ1) is 14.6. The lowest BCUT2D eigenvalue weighted by Crippen LogP contribution is -2.34. The van der Waals surface area contributed by atoms with E-state index in [1.807, 2.05) is 0 Å². The second kappa shape index (κ2) is 8.87. The van der Waals surface area contributed by atoms with Gasteiger partial charge in [-0.2, -0.15) is 0 Å². The molecule has 0 atom stereocenters. The summed E-state index contributed by atoms with van der Waals surface area (Å²) in [5.41, 5.74) is 1.19. The molecule has 8 heteroatoms. The number of rotatable bonds is 6. The van der Waals surface area contributed by atoms with Gasteiger partial charge in [0.25, 0.3) is 11.8 Å². The molecule has 2 amide bonds. The Morgan fingerprint density at radius 1 is 1.03 bits per heavy atom. The van der Waals surface area contributed by atoms with Gasteiger partial charge < -0.3 is 24.5 Å². The number of amides is 2. The first-order valence-electron chi connectivity index (χ1n) is 9.07. The Morgan fingerprint density at radius 2 is 1.83 bits per heavy atom. The van der Waals surface area contributed by atoms with Gasteiger partial charge in [0, 0.05) is 10.0 Å². The average molecular weight is 469 g/mol. The molecule has 30 heavy (non-hydrogen) atoms. The number of halogens is 1. The molecule has 2 aromatic carbocycles. The normalized spacial score (nSPS) is 12.5. The Bertz CT molecular complexity index is 1090. The van der Waals surface area contributed by atoms with Crippen molar-refractivity contribution in [2.24, 2.45) is 0 Å². The zero-order valence-electron chi connectivity index (χ0n) is 15.7. The fourth-order valence-corrected chi connectivity index (χ4v) is 3.06. The molecule has 0 bridgehead atoms. The molecule has 0 aliphatic carbocycles. The van der Waals surface area contributed by atoms with Crippen LogP contribution in [-0.4, -0.2) is 18.6 Å². The molecule has 0 saturated heterocycles. The molecule has 0 radical (unpaired) electrons. The third-order valence-electron chi connectivity index (χ3n) is 4.31. The fourth-order valence-electron chi connectivity index (χ4n) is 2.80. The van der Waals surface area contributed by atoms with E-state index in [4.69, 9.17) is 13.9 Å². The number of hydrogen-bond donors (Lipinski definition) is 2. The van der Waals surface area contributed by atoms with Crippen LogP contribution in [0.25, 0.3) is 6.08 Å². The van der Waals surface area contributed by atoms with Crippen molar-refractivity contribution in [1.29, 1.82) is 0 Å². The van der Waals surface area contributed by atoms with Crippen LogP contribution in [0.3, 0.4) is 0 Å². The van der Waals surface area contributed by atoms with Gasteiger partial charge in [0.15, 0.2) is 11.5 Å². The van der Waals surface area contributed by atoms with Crippen LogP contribution >= 0.6 is 15.9 Å². The Morgan fingerprint density at radius 3 is 2.60 bits per heavy atom.